The first-order valence-corrected chi connectivity index (χ1v) is 7.04. The average molecular weight is 296 g/mol. The lowest BCUT2D eigenvalue weighted by molar-refractivity contribution is -0.152. The number of hydrogen-bond donors (Lipinski definition) is 3. The summed E-state index contributed by atoms with van der Waals surface area (Å²) in [5, 5.41) is 22.0. The summed E-state index contributed by atoms with van der Waals surface area (Å²) in [6.07, 6.45) is 0.293. The van der Waals surface area contributed by atoms with Crippen LogP contribution < -0.4 is 5.32 Å². The SMILES string of the molecule is O=C(NCCc1ccco1)[C@H](O)[C@@H](O)C(=O)N1CCCC1. The fraction of sp³-hybridized carbons (Fsp3) is 0.571. The van der Waals surface area contributed by atoms with Gasteiger partial charge in [0.15, 0.2) is 12.2 Å². The van der Waals surface area contributed by atoms with Crippen molar-refractivity contribution in [3.8, 4) is 0 Å². The van der Waals surface area contributed by atoms with Crippen LogP contribution >= 0.6 is 0 Å². The van der Waals surface area contributed by atoms with E-state index in [4.69, 9.17) is 4.42 Å². The van der Waals surface area contributed by atoms with Crippen molar-refractivity contribution in [1.29, 1.82) is 0 Å². The molecule has 2 rings (SSSR count). The largest absolute Gasteiger partial charge is 0.469 e. The molecule has 0 bridgehead atoms. The van der Waals surface area contributed by atoms with Crippen LogP contribution in [0.2, 0.25) is 0 Å². The number of carbonyl (C=O) groups excluding carboxylic acids is 2. The molecule has 116 valence electrons. The van der Waals surface area contributed by atoms with Gasteiger partial charge in [-0.3, -0.25) is 9.59 Å². The second-order valence-corrected chi connectivity index (χ2v) is 5.04. The Morgan fingerprint density at radius 3 is 2.62 bits per heavy atom. The summed E-state index contributed by atoms with van der Waals surface area (Å²) in [5.74, 6) is -0.652. The number of hydrogen-bond acceptors (Lipinski definition) is 5. The molecule has 0 aromatic carbocycles. The summed E-state index contributed by atoms with van der Waals surface area (Å²) in [6, 6.07) is 3.51. The van der Waals surface area contributed by atoms with Crippen molar-refractivity contribution in [2.45, 2.75) is 31.5 Å². The highest BCUT2D eigenvalue weighted by molar-refractivity contribution is 5.90. The molecule has 7 heteroatoms. The molecule has 0 spiro atoms. The van der Waals surface area contributed by atoms with E-state index in [1.165, 1.54) is 11.2 Å². The summed E-state index contributed by atoms with van der Waals surface area (Å²) in [4.78, 5) is 25.0. The van der Waals surface area contributed by atoms with Crippen LogP contribution in [0.4, 0.5) is 0 Å². The molecule has 2 amide bonds. The zero-order valence-electron chi connectivity index (χ0n) is 11.7. The molecular formula is C14H20N2O5. The second kappa shape index (κ2) is 7.24. The first-order valence-electron chi connectivity index (χ1n) is 7.04. The van der Waals surface area contributed by atoms with Gasteiger partial charge in [0.05, 0.1) is 6.26 Å². The maximum absolute atomic E-state index is 11.9. The molecule has 0 radical (unpaired) electrons. The molecule has 1 aliphatic rings. The molecule has 0 saturated carbocycles. The molecule has 3 N–H and O–H groups in total. The van der Waals surface area contributed by atoms with Crippen molar-refractivity contribution in [3.63, 3.8) is 0 Å². The molecule has 2 heterocycles. The zero-order chi connectivity index (χ0) is 15.2. The molecule has 0 aliphatic carbocycles. The van der Waals surface area contributed by atoms with Crippen LogP contribution in [-0.2, 0) is 16.0 Å². The van der Waals surface area contributed by atoms with Gasteiger partial charge in [0.25, 0.3) is 11.8 Å². The Labute approximate surface area is 122 Å². The lowest BCUT2D eigenvalue weighted by atomic mass is 10.1. The second-order valence-electron chi connectivity index (χ2n) is 5.04. The standard InChI is InChI=1S/C14H20N2O5/c17-11(12(18)14(20)16-7-1-2-8-16)13(19)15-6-5-10-4-3-9-21-10/h3-4,9,11-12,17-18H,1-2,5-8H2,(H,15,19)/t11-,12-/m1/s1. The lowest BCUT2D eigenvalue weighted by Gasteiger charge is -2.22. The number of aliphatic hydroxyl groups is 2. The minimum absolute atomic E-state index is 0.258. The first kappa shape index (κ1) is 15.5. The van der Waals surface area contributed by atoms with Gasteiger partial charge in [-0.15, -0.1) is 0 Å². The van der Waals surface area contributed by atoms with Gasteiger partial charge in [-0.05, 0) is 25.0 Å². The molecular weight excluding hydrogens is 276 g/mol. The Kier molecular flexibility index (Phi) is 5.35. The summed E-state index contributed by atoms with van der Waals surface area (Å²) < 4.78 is 5.11. The quantitative estimate of drug-likeness (QED) is 0.643. The molecule has 1 fully saturated rings. The van der Waals surface area contributed by atoms with E-state index in [9.17, 15) is 19.8 Å². The van der Waals surface area contributed by atoms with Crippen molar-refractivity contribution in [1.82, 2.24) is 10.2 Å². The maximum atomic E-state index is 11.9. The fourth-order valence-corrected chi connectivity index (χ4v) is 2.27. The van der Waals surface area contributed by atoms with E-state index in [1.54, 1.807) is 12.1 Å². The van der Waals surface area contributed by atoms with Crippen molar-refractivity contribution in [2.24, 2.45) is 0 Å². The lowest BCUT2D eigenvalue weighted by Crippen LogP contribution is -2.50. The van der Waals surface area contributed by atoms with Crippen molar-refractivity contribution in [2.75, 3.05) is 19.6 Å². The zero-order valence-corrected chi connectivity index (χ0v) is 11.7. The van der Waals surface area contributed by atoms with Crippen LogP contribution in [0.3, 0.4) is 0 Å². The van der Waals surface area contributed by atoms with E-state index in [-0.39, 0.29) is 6.54 Å². The van der Waals surface area contributed by atoms with Crippen LogP contribution in [-0.4, -0.2) is 58.8 Å². The number of furan rings is 1. The first-order chi connectivity index (χ1) is 10.1. The molecule has 2 atom stereocenters. The van der Waals surface area contributed by atoms with Gasteiger partial charge >= 0.3 is 0 Å². The fourth-order valence-electron chi connectivity index (χ4n) is 2.27. The molecule has 1 aliphatic heterocycles. The maximum Gasteiger partial charge on any atom is 0.254 e. The molecule has 0 unspecified atom stereocenters. The van der Waals surface area contributed by atoms with Crippen LogP contribution in [0.1, 0.15) is 18.6 Å². The predicted octanol–water partition coefficient (Wildman–Crippen LogP) is -0.718. The van der Waals surface area contributed by atoms with E-state index in [1.807, 2.05) is 0 Å². The molecule has 1 aromatic rings. The summed E-state index contributed by atoms with van der Waals surface area (Å²) in [7, 11) is 0. The summed E-state index contributed by atoms with van der Waals surface area (Å²) in [6.45, 7) is 1.37. The highest BCUT2D eigenvalue weighted by Crippen LogP contribution is 2.10. The topological polar surface area (TPSA) is 103 Å². The minimum atomic E-state index is -1.75. The Hall–Kier alpha value is -1.86. The Morgan fingerprint density at radius 1 is 1.29 bits per heavy atom. The number of carbonyl (C=O) groups is 2. The van der Waals surface area contributed by atoms with Crippen molar-refractivity contribution in [3.05, 3.63) is 24.2 Å². The van der Waals surface area contributed by atoms with E-state index in [0.29, 0.717) is 25.3 Å². The van der Waals surface area contributed by atoms with Crippen LogP contribution in [0.15, 0.2) is 22.8 Å². The molecule has 1 aromatic heterocycles. The van der Waals surface area contributed by atoms with Crippen molar-refractivity contribution < 1.29 is 24.2 Å². The van der Waals surface area contributed by atoms with Gasteiger partial charge < -0.3 is 24.8 Å². The third kappa shape index (κ3) is 4.05. The Bertz CT molecular complexity index is 468. The van der Waals surface area contributed by atoms with E-state index in [0.717, 1.165) is 12.8 Å². The van der Waals surface area contributed by atoms with Gasteiger partial charge in [-0.25, -0.2) is 0 Å². The number of aliphatic hydroxyl groups excluding tert-OH is 2. The minimum Gasteiger partial charge on any atom is -0.469 e. The number of rotatable bonds is 6. The van der Waals surface area contributed by atoms with E-state index in [2.05, 4.69) is 5.32 Å². The number of likely N-dealkylation sites (tertiary alicyclic amines) is 1. The highest BCUT2D eigenvalue weighted by atomic mass is 16.3. The number of nitrogens with one attached hydrogen (secondary N) is 1. The monoisotopic (exact) mass is 296 g/mol. The van der Waals surface area contributed by atoms with Crippen molar-refractivity contribution >= 4 is 11.8 Å². The molecule has 21 heavy (non-hydrogen) atoms. The van der Waals surface area contributed by atoms with Gasteiger partial charge in [0.2, 0.25) is 0 Å². The number of nitrogens with zero attached hydrogens (tertiary/aromatic N) is 1. The van der Waals surface area contributed by atoms with Crippen LogP contribution in [0.25, 0.3) is 0 Å². The smallest absolute Gasteiger partial charge is 0.254 e. The Balaban J connectivity index is 1.76. The van der Waals surface area contributed by atoms with Gasteiger partial charge in [-0.2, -0.15) is 0 Å². The van der Waals surface area contributed by atoms with Gasteiger partial charge in [0, 0.05) is 26.1 Å². The summed E-state index contributed by atoms with van der Waals surface area (Å²) >= 11 is 0. The van der Waals surface area contributed by atoms with Gasteiger partial charge in [0.1, 0.15) is 5.76 Å². The molecule has 1 saturated heterocycles. The third-order valence-corrected chi connectivity index (χ3v) is 3.49. The predicted molar refractivity (Wildman–Crippen MR) is 73.2 cm³/mol. The average Bonchev–Trinajstić information content (AvgIpc) is 3.17. The van der Waals surface area contributed by atoms with Gasteiger partial charge in [-0.1, -0.05) is 0 Å². The third-order valence-electron chi connectivity index (χ3n) is 3.49. The van der Waals surface area contributed by atoms with E-state index < -0.39 is 24.0 Å². The Morgan fingerprint density at radius 2 is 2.00 bits per heavy atom. The van der Waals surface area contributed by atoms with Crippen LogP contribution in [0, 0.1) is 0 Å². The normalized spacial score (nSPS) is 17.5. The van der Waals surface area contributed by atoms with Crippen LogP contribution in [0.5, 0.6) is 0 Å². The molecule has 7 nitrogen and oxygen atoms in total. The van der Waals surface area contributed by atoms with E-state index >= 15 is 0 Å². The number of amides is 2. The summed E-state index contributed by atoms with van der Waals surface area (Å²) in [5.41, 5.74) is 0. The highest BCUT2D eigenvalue weighted by Gasteiger charge is 2.34.